The lowest BCUT2D eigenvalue weighted by Gasteiger charge is -2.36. The third-order valence-corrected chi connectivity index (χ3v) is 7.73. The number of likely N-dealkylation sites (tertiary alicyclic amines) is 1. The molecule has 0 bridgehead atoms. The number of β-amino-alcohol motifs (C(OH)–C–C–N with tert-alkyl or cyclic N) is 1. The first-order valence-corrected chi connectivity index (χ1v) is 13.7. The third kappa shape index (κ3) is 6.78. The Bertz CT molecular complexity index is 1150. The fourth-order valence-corrected chi connectivity index (χ4v) is 5.23. The molecule has 0 spiro atoms. The van der Waals surface area contributed by atoms with E-state index in [2.05, 4.69) is 15.6 Å². The molecule has 3 rings (SSSR count). The van der Waals surface area contributed by atoms with Gasteiger partial charge in [0, 0.05) is 18.4 Å². The molecule has 1 aromatic heterocycles. The molecule has 4 unspecified atom stereocenters. The van der Waals surface area contributed by atoms with Crippen LogP contribution in [0, 0.1) is 17.8 Å². The molecule has 1 aromatic carbocycles. The Balaban J connectivity index is 1.78. The van der Waals surface area contributed by atoms with Crippen molar-refractivity contribution in [3.63, 3.8) is 0 Å². The number of thiazole rings is 1. The van der Waals surface area contributed by atoms with Gasteiger partial charge in [-0.1, -0.05) is 65.8 Å². The van der Waals surface area contributed by atoms with Crippen molar-refractivity contribution in [2.45, 2.75) is 79.1 Å². The number of nitrogens with zero attached hydrogens (tertiary/aromatic N) is 2. The summed E-state index contributed by atoms with van der Waals surface area (Å²) in [5, 5.41) is 26.2. The third-order valence-electron chi connectivity index (χ3n) is 6.75. The van der Waals surface area contributed by atoms with Gasteiger partial charge in [0.05, 0.1) is 34.8 Å². The normalized spacial score (nSPS) is 19.7. The number of aromatic nitrogens is 1. The molecule has 0 radical (unpaired) electrons. The van der Waals surface area contributed by atoms with Crippen LogP contribution in [0.5, 0.6) is 0 Å². The van der Waals surface area contributed by atoms with Gasteiger partial charge in [-0.2, -0.15) is 0 Å². The van der Waals surface area contributed by atoms with Gasteiger partial charge in [-0.3, -0.25) is 14.4 Å². The van der Waals surface area contributed by atoms with Gasteiger partial charge < -0.3 is 25.7 Å². The maximum absolute atomic E-state index is 13.7. The fourth-order valence-electron chi connectivity index (χ4n) is 4.42. The molecule has 4 N–H and O–H groups in total. The summed E-state index contributed by atoms with van der Waals surface area (Å²) in [7, 11) is 0. The maximum atomic E-state index is 13.7. The van der Waals surface area contributed by atoms with Crippen LogP contribution in [0.3, 0.4) is 0 Å². The second-order valence-corrected chi connectivity index (χ2v) is 12.9. The van der Waals surface area contributed by atoms with E-state index in [9.17, 15) is 24.6 Å². The van der Waals surface area contributed by atoms with Gasteiger partial charge in [0.1, 0.15) is 12.1 Å². The minimum Gasteiger partial charge on any atom is -0.394 e. The average molecular weight is 545 g/mol. The van der Waals surface area contributed by atoms with E-state index in [1.54, 1.807) is 37.6 Å². The minimum absolute atomic E-state index is 0.0123. The minimum atomic E-state index is -0.929. The zero-order valence-corrected chi connectivity index (χ0v) is 24.1. The number of nitrogens with one attached hydrogen (secondary N) is 2. The van der Waals surface area contributed by atoms with E-state index in [0.29, 0.717) is 5.56 Å². The average Bonchev–Trinajstić information content (AvgIpc) is 3.44. The summed E-state index contributed by atoms with van der Waals surface area (Å²) in [6.45, 7) is 12.4. The summed E-state index contributed by atoms with van der Waals surface area (Å²) in [6.07, 6.45) is -0.799. The summed E-state index contributed by atoms with van der Waals surface area (Å²) >= 11 is 1.54. The Morgan fingerprint density at radius 3 is 2.24 bits per heavy atom. The molecule has 3 amide bonds. The molecule has 1 saturated heterocycles. The number of carbonyl (C=O) groups excluding carboxylic acids is 3. The van der Waals surface area contributed by atoms with Gasteiger partial charge in [-0.15, -0.1) is 11.3 Å². The molecular formula is C28H40N4O5S. The molecule has 2 heterocycles. The monoisotopic (exact) mass is 544 g/mol. The second kappa shape index (κ2) is 11.5. The molecule has 0 aliphatic carbocycles. The van der Waals surface area contributed by atoms with E-state index in [0.717, 1.165) is 16.1 Å². The predicted molar refractivity (Wildman–Crippen MR) is 147 cm³/mol. The SMILES string of the molecule is Cc1ncsc1-c1ccc(C(CO)NC(=O)C2CC(O)CN2C(=O)C(NC(=O)C(C)(C)C)C(C)(C)C)cc1. The molecule has 2 aromatic rings. The first-order valence-electron chi connectivity index (χ1n) is 12.8. The molecule has 10 heteroatoms. The summed E-state index contributed by atoms with van der Waals surface area (Å²) in [5.74, 6) is -1.16. The molecule has 4 atom stereocenters. The zero-order chi connectivity index (χ0) is 28.4. The Hall–Kier alpha value is -2.82. The molecule has 1 fully saturated rings. The lowest BCUT2D eigenvalue weighted by molar-refractivity contribution is -0.145. The smallest absolute Gasteiger partial charge is 0.246 e. The summed E-state index contributed by atoms with van der Waals surface area (Å²) < 4.78 is 0. The highest BCUT2D eigenvalue weighted by atomic mass is 32.1. The van der Waals surface area contributed by atoms with E-state index >= 15 is 0 Å². The first kappa shape index (κ1) is 29.7. The molecular weight excluding hydrogens is 504 g/mol. The van der Waals surface area contributed by atoms with Crippen molar-refractivity contribution in [1.82, 2.24) is 20.5 Å². The van der Waals surface area contributed by atoms with Gasteiger partial charge >= 0.3 is 0 Å². The van der Waals surface area contributed by atoms with Crippen molar-refractivity contribution in [1.29, 1.82) is 0 Å². The van der Waals surface area contributed by atoms with Crippen LogP contribution in [0.2, 0.25) is 0 Å². The van der Waals surface area contributed by atoms with Crippen LogP contribution >= 0.6 is 11.3 Å². The second-order valence-electron chi connectivity index (χ2n) is 12.1. The summed E-state index contributed by atoms with van der Waals surface area (Å²) in [4.78, 5) is 46.5. The topological polar surface area (TPSA) is 132 Å². The van der Waals surface area contributed by atoms with Crippen LogP contribution in [0.25, 0.3) is 10.4 Å². The highest BCUT2D eigenvalue weighted by Crippen LogP contribution is 2.30. The Morgan fingerprint density at radius 1 is 1.11 bits per heavy atom. The Kier molecular flexibility index (Phi) is 9.00. The highest BCUT2D eigenvalue weighted by molar-refractivity contribution is 7.13. The number of benzene rings is 1. The van der Waals surface area contributed by atoms with E-state index in [1.807, 2.05) is 52.0 Å². The number of aryl methyl sites for hydroxylation is 1. The summed E-state index contributed by atoms with van der Waals surface area (Å²) in [5.41, 5.74) is 3.11. The summed E-state index contributed by atoms with van der Waals surface area (Å²) in [6, 6.07) is 5.04. The molecule has 1 aliphatic rings. The van der Waals surface area contributed by atoms with Crippen LogP contribution in [0.4, 0.5) is 0 Å². The quantitative estimate of drug-likeness (QED) is 0.424. The van der Waals surface area contributed by atoms with Gasteiger partial charge in [-0.05, 0) is 23.5 Å². The van der Waals surface area contributed by atoms with Crippen molar-refractivity contribution in [3.05, 3.63) is 41.0 Å². The van der Waals surface area contributed by atoms with Crippen molar-refractivity contribution in [3.8, 4) is 10.4 Å². The fraction of sp³-hybridized carbons (Fsp3) is 0.571. The van der Waals surface area contributed by atoms with Crippen LogP contribution < -0.4 is 10.6 Å². The van der Waals surface area contributed by atoms with Gasteiger partial charge in [-0.25, -0.2) is 4.98 Å². The molecule has 1 aliphatic heterocycles. The largest absolute Gasteiger partial charge is 0.394 e. The number of aliphatic hydroxyl groups excluding tert-OH is 2. The first-order chi connectivity index (χ1) is 17.6. The Labute approximate surface area is 228 Å². The van der Waals surface area contributed by atoms with Crippen molar-refractivity contribution in [2.24, 2.45) is 10.8 Å². The number of rotatable bonds is 7. The number of aliphatic hydroxyl groups is 2. The van der Waals surface area contributed by atoms with E-state index in [4.69, 9.17) is 0 Å². The number of amides is 3. The number of carbonyl (C=O) groups is 3. The number of hydrogen-bond donors (Lipinski definition) is 4. The lowest BCUT2D eigenvalue weighted by atomic mass is 9.84. The molecule has 0 saturated carbocycles. The van der Waals surface area contributed by atoms with E-state index < -0.39 is 46.9 Å². The maximum Gasteiger partial charge on any atom is 0.246 e. The highest BCUT2D eigenvalue weighted by Gasteiger charge is 2.45. The van der Waals surface area contributed by atoms with Crippen molar-refractivity contribution >= 4 is 29.1 Å². The van der Waals surface area contributed by atoms with Crippen LogP contribution in [0.1, 0.15) is 65.3 Å². The van der Waals surface area contributed by atoms with Crippen molar-refractivity contribution < 1.29 is 24.6 Å². The predicted octanol–water partition coefficient (Wildman–Crippen LogP) is 2.81. The van der Waals surface area contributed by atoms with E-state index in [-0.39, 0.29) is 25.5 Å². The van der Waals surface area contributed by atoms with Crippen molar-refractivity contribution in [2.75, 3.05) is 13.2 Å². The molecule has 9 nitrogen and oxygen atoms in total. The molecule has 208 valence electrons. The van der Waals surface area contributed by atoms with Crippen LogP contribution in [-0.2, 0) is 14.4 Å². The van der Waals surface area contributed by atoms with Gasteiger partial charge in [0.2, 0.25) is 17.7 Å². The molecule has 38 heavy (non-hydrogen) atoms. The lowest BCUT2D eigenvalue weighted by Crippen LogP contribution is -2.59. The zero-order valence-electron chi connectivity index (χ0n) is 23.2. The van der Waals surface area contributed by atoms with E-state index in [1.165, 1.54) is 4.90 Å². The van der Waals surface area contributed by atoms with Gasteiger partial charge in [0.15, 0.2) is 0 Å². The number of hydrogen-bond acceptors (Lipinski definition) is 7. The Morgan fingerprint density at radius 2 is 1.74 bits per heavy atom. The standard InChI is InChI=1S/C28H40N4O5S/c1-16-22(38-15-29-16)18-10-8-17(9-11-18)20(14-33)30-24(35)21-12-19(34)13-32(21)25(36)23(27(2,3)4)31-26(37)28(5,6)7/h8-11,15,19-21,23,33-34H,12-14H2,1-7H3,(H,30,35)(H,31,37). The van der Waals surface area contributed by atoms with Crippen LogP contribution in [0.15, 0.2) is 29.8 Å². The van der Waals surface area contributed by atoms with Crippen LogP contribution in [-0.4, -0.2) is 69.2 Å². The van der Waals surface area contributed by atoms with Gasteiger partial charge in [0.25, 0.3) is 0 Å².